The summed E-state index contributed by atoms with van der Waals surface area (Å²) in [6.45, 7) is 9.40. The number of hydrogen-bond donors (Lipinski definition) is 1. The SMILES string of the molecule is CC1=C(CN2CC(C(=O)O)C2)CCc2cc(OC[C@H](Cc3ccc(F)cc3)C(C)C)ccc21. The number of ether oxygens (including phenoxy) is 1. The largest absolute Gasteiger partial charge is 0.493 e. The summed E-state index contributed by atoms with van der Waals surface area (Å²) in [6, 6.07) is 13.2. The number of allylic oxidation sites excluding steroid dienone is 1. The first-order valence-electron chi connectivity index (χ1n) is 11.9. The van der Waals surface area contributed by atoms with E-state index in [9.17, 15) is 9.18 Å². The summed E-state index contributed by atoms with van der Waals surface area (Å²) in [5.41, 5.74) is 6.47. The number of carboxylic acid groups (broad SMARTS) is 1. The second kappa shape index (κ2) is 10.1. The van der Waals surface area contributed by atoms with Crippen LogP contribution in [-0.4, -0.2) is 42.2 Å². The smallest absolute Gasteiger partial charge is 0.309 e. The molecule has 4 rings (SSSR count). The number of carbonyl (C=O) groups is 1. The van der Waals surface area contributed by atoms with Gasteiger partial charge in [0.05, 0.1) is 12.5 Å². The van der Waals surface area contributed by atoms with Crippen LogP contribution in [0.25, 0.3) is 5.57 Å². The molecular formula is C28H34FNO3. The Kier molecular flexibility index (Phi) is 7.18. The lowest BCUT2D eigenvalue weighted by Gasteiger charge is -2.38. The summed E-state index contributed by atoms with van der Waals surface area (Å²) in [6.07, 6.45) is 2.86. The molecule has 0 unspecified atom stereocenters. The highest BCUT2D eigenvalue weighted by Gasteiger charge is 2.33. The molecule has 2 aromatic carbocycles. The first kappa shape index (κ1) is 23.5. The number of hydrogen-bond acceptors (Lipinski definition) is 3. The molecule has 0 radical (unpaired) electrons. The van der Waals surface area contributed by atoms with Crippen molar-refractivity contribution in [1.29, 1.82) is 0 Å². The standard InChI is InChI=1S/C28H34FNO3/c1-18(2)23(12-20-4-8-25(29)9-5-20)17-33-26-10-11-27-19(3)22(7-6-21(27)13-26)14-30-15-24(16-30)28(31)32/h4-5,8-11,13,18,23-24H,6-7,12,14-17H2,1-3H3,(H,31,32)/t23-/m0/s1. The van der Waals surface area contributed by atoms with Crippen molar-refractivity contribution in [2.45, 2.75) is 40.0 Å². The third-order valence-electron chi connectivity index (χ3n) is 7.25. The van der Waals surface area contributed by atoms with E-state index >= 15 is 0 Å². The monoisotopic (exact) mass is 451 g/mol. The number of fused-ring (bicyclic) bond motifs is 1. The Labute approximate surface area is 196 Å². The molecule has 0 amide bonds. The average Bonchev–Trinajstić information content (AvgIpc) is 2.75. The first-order valence-corrected chi connectivity index (χ1v) is 11.9. The maximum absolute atomic E-state index is 13.2. The summed E-state index contributed by atoms with van der Waals surface area (Å²) in [7, 11) is 0. The van der Waals surface area contributed by atoms with Gasteiger partial charge in [-0.3, -0.25) is 9.69 Å². The van der Waals surface area contributed by atoms with Crippen molar-refractivity contribution in [3.63, 3.8) is 0 Å². The van der Waals surface area contributed by atoms with E-state index < -0.39 is 5.97 Å². The summed E-state index contributed by atoms with van der Waals surface area (Å²) < 4.78 is 19.4. The van der Waals surface area contributed by atoms with Gasteiger partial charge < -0.3 is 9.84 Å². The minimum absolute atomic E-state index is 0.202. The second-order valence-corrected chi connectivity index (χ2v) is 9.92. The lowest BCUT2D eigenvalue weighted by molar-refractivity contribution is -0.147. The van der Waals surface area contributed by atoms with Crippen LogP contribution in [0.2, 0.25) is 0 Å². The van der Waals surface area contributed by atoms with Crippen molar-refractivity contribution in [1.82, 2.24) is 4.90 Å². The molecular weight excluding hydrogens is 417 g/mol. The van der Waals surface area contributed by atoms with Gasteiger partial charge in [0, 0.05) is 19.6 Å². The zero-order chi connectivity index (χ0) is 23.5. The molecule has 0 saturated carbocycles. The Bertz CT molecular complexity index is 1020. The van der Waals surface area contributed by atoms with Gasteiger partial charge in [-0.05, 0) is 84.6 Å². The molecule has 1 fully saturated rings. The molecule has 4 nitrogen and oxygen atoms in total. The number of aryl methyl sites for hydroxylation is 1. The highest BCUT2D eigenvalue weighted by molar-refractivity contribution is 5.73. The number of likely N-dealkylation sites (tertiary alicyclic amines) is 1. The van der Waals surface area contributed by atoms with E-state index in [-0.39, 0.29) is 11.7 Å². The summed E-state index contributed by atoms with van der Waals surface area (Å²) in [5, 5.41) is 9.09. The molecule has 0 spiro atoms. The molecule has 1 aliphatic heterocycles. The minimum Gasteiger partial charge on any atom is -0.493 e. The van der Waals surface area contributed by atoms with Gasteiger partial charge in [-0.1, -0.05) is 37.6 Å². The van der Waals surface area contributed by atoms with Crippen molar-refractivity contribution in [3.05, 3.63) is 70.5 Å². The predicted octanol–water partition coefficient (Wildman–Crippen LogP) is 5.46. The minimum atomic E-state index is -0.684. The maximum Gasteiger partial charge on any atom is 0.309 e. The third kappa shape index (κ3) is 5.64. The topological polar surface area (TPSA) is 49.8 Å². The number of benzene rings is 2. The van der Waals surface area contributed by atoms with Crippen molar-refractivity contribution < 1.29 is 19.0 Å². The highest BCUT2D eigenvalue weighted by Crippen LogP contribution is 2.35. The Morgan fingerprint density at radius 2 is 1.88 bits per heavy atom. The molecule has 0 aromatic heterocycles. The molecule has 1 heterocycles. The van der Waals surface area contributed by atoms with Crippen LogP contribution >= 0.6 is 0 Å². The molecule has 2 aliphatic rings. The van der Waals surface area contributed by atoms with Gasteiger partial charge in [0.2, 0.25) is 0 Å². The van der Waals surface area contributed by atoms with Crippen LogP contribution in [0, 0.1) is 23.6 Å². The number of rotatable bonds is 9. The fourth-order valence-corrected chi connectivity index (χ4v) is 4.83. The Morgan fingerprint density at radius 1 is 1.15 bits per heavy atom. The van der Waals surface area contributed by atoms with Gasteiger partial charge in [-0.25, -0.2) is 4.39 Å². The van der Waals surface area contributed by atoms with Crippen LogP contribution in [0.1, 0.15) is 43.9 Å². The van der Waals surface area contributed by atoms with Gasteiger partial charge >= 0.3 is 5.97 Å². The third-order valence-corrected chi connectivity index (χ3v) is 7.25. The fourth-order valence-electron chi connectivity index (χ4n) is 4.83. The van der Waals surface area contributed by atoms with Crippen LogP contribution in [0.5, 0.6) is 5.75 Å². The Morgan fingerprint density at radius 3 is 2.55 bits per heavy atom. The normalized spacial score (nSPS) is 17.6. The molecule has 0 bridgehead atoms. The molecule has 2 aromatic rings. The van der Waals surface area contributed by atoms with Crippen LogP contribution in [-0.2, 0) is 17.6 Å². The van der Waals surface area contributed by atoms with Gasteiger partial charge in [0.1, 0.15) is 11.6 Å². The zero-order valence-corrected chi connectivity index (χ0v) is 19.8. The van der Waals surface area contributed by atoms with Gasteiger partial charge in [-0.15, -0.1) is 0 Å². The van der Waals surface area contributed by atoms with Crippen molar-refractivity contribution in [2.24, 2.45) is 17.8 Å². The number of nitrogens with zero attached hydrogens (tertiary/aromatic N) is 1. The fraction of sp³-hybridized carbons (Fsp3) is 0.464. The van der Waals surface area contributed by atoms with Crippen LogP contribution < -0.4 is 4.74 Å². The summed E-state index contributed by atoms with van der Waals surface area (Å²) in [5.74, 6) is 0.623. The Balaban J connectivity index is 1.37. The molecule has 176 valence electrons. The van der Waals surface area contributed by atoms with E-state index in [0.717, 1.165) is 37.1 Å². The predicted molar refractivity (Wildman–Crippen MR) is 129 cm³/mol. The van der Waals surface area contributed by atoms with Crippen LogP contribution in [0.4, 0.5) is 4.39 Å². The van der Waals surface area contributed by atoms with Crippen molar-refractivity contribution in [3.8, 4) is 5.75 Å². The molecule has 1 aliphatic carbocycles. The van der Waals surface area contributed by atoms with Crippen molar-refractivity contribution >= 4 is 11.5 Å². The molecule has 1 atom stereocenters. The number of halogens is 1. The highest BCUT2D eigenvalue weighted by atomic mass is 19.1. The first-order chi connectivity index (χ1) is 15.8. The lowest BCUT2D eigenvalue weighted by atomic mass is 9.85. The van der Waals surface area contributed by atoms with Crippen LogP contribution in [0.3, 0.4) is 0 Å². The summed E-state index contributed by atoms with van der Waals surface area (Å²) in [4.78, 5) is 13.3. The van der Waals surface area contributed by atoms with E-state index in [4.69, 9.17) is 9.84 Å². The Hall–Kier alpha value is -2.66. The average molecular weight is 452 g/mol. The van der Waals surface area contributed by atoms with E-state index in [0.29, 0.717) is 31.5 Å². The van der Waals surface area contributed by atoms with Gasteiger partial charge in [-0.2, -0.15) is 0 Å². The number of aliphatic carboxylic acids is 1. The molecule has 1 N–H and O–H groups in total. The second-order valence-electron chi connectivity index (χ2n) is 9.92. The van der Waals surface area contributed by atoms with E-state index in [1.807, 2.05) is 12.1 Å². The quantitative estimate of drug-likeness (QED) is 0.550. The molecule has 1 saturated heterocycles. The van der Waals surface area contributed by atoms with Gasteiger partial charge in [0.25, 0.3) is 0 Å². The summed E-state index contributed by atoms with van der Waals surface area (Å²) >= 11 is 0. The maximum atomic E-state index is 13.2. The lowest BCUT2D eigenvalue weighted by Crippen LogP contribution is -2.50. The van der Waals surface area contributed by atoms with Crippen molar-refractivity contribution in [2.75, 3.05) is 26.2 Å². The van der Waals surface area contributed by atoms with E-state index in [1.165, 1.54) is 34.4 Å². The van der Waals surface area contributed by atoms with E-state index in [2.05, 4.69) is 43.9 Å². The number of carboxylic acids is 1. The van der Waals surface area contributed by atoms with E-state index in [1.54, 1.807) is 0 Å². The van der Waals surface area contributed by atoms with Crippen LogP contribution in [0.15, 0.2) is 48.0 Å². The molecule has 5 heteroatoms. The zero-order valence-electron chi connectivity index (χ0n) is 19.8. The molecule has 33 heavy (non-hydrogen) atoms. The van der Waals surface area contributed by atoms with Gasteiger partial charge in [0.15, 0.2) is 0 Å².